The van der Waals surface area contributed by atoms with Crippen LogP contribution in [-0.4, -0.2) is 38.9 Å². The zero-order valence-corrected chi connectivity index (χ0v) is 12.7. The monoisotopic (exact) mass is 311 g/mol. The lowest BCUT2D eigenvalue weighted by atomic mass is 9.78. The molecule has 1 aromatic rings. The zero-order chi connectivity index (χ0) is 17.1. The van der Waals surface area contributed by atoms with Crippen molar-refractivity contribution in [1.82, 2.24) is 0 Å². The quantitative estimate of drug-likeness (QED) is 0.455. The van der Waals surface area contributed by atoms with Crippen LogP contribution >= 0.6 is 0 Å². The molecule has 0 radical (unpaired) electrons. The van der Waals surface area contributed by atoms with E-state index in [4.69, 9.17) is 10.5 Å². The number of phenolic OH excluding ortho intramolecular Hbond substituents is 2. The number of carboxylic acid groups (broad SMARTS) is 1. The summed E-state index contributed by atoms with van der Waals surface area (Å²) in [6, 6.07) is 3.99. The van der Waals surface area contributed by atoms with Gasteiger partial charge in [0, 0.05) is 19.3 Å². The highest BCUT2D eigenvalue weighted by atomic mass is 16.5. The summed E-state index contributed by atoms with van der Waals surface area (Å²) in [6.07, 6.45) is -0.785. The average Bonchev–Trinajstić information content (AvgIpc) is 2.40. The van der Waals surface area contributed by atoms with Crippen molar-refractivity contribution in [2.75, 3.05) is 0 Å². The molecule has 0 aliphatic rings. The first kappa shape index (κ1) is 17.8. The van der Waals surface area contributed by atoms with E-state index in [9.17, 15) is 24.9 Å². The van der Waals surface area contributed by atoms with E-state index < -0.39 is 29.5 Å². The van der Waals surface area contributed by atoms with Gasteiger partial charge >= 0.3 is 11.9 Å². The van der Waals surface area contributed by atoms with Crippen molar-refractivity contribution in [2.45, 2.75) is 38.8 Å². The number of rotatable bonds is 6. The molecule has 0 amide bonds. The number of hydrogen-bond donors (Lipinski definition) is 4. The Morgan fingerprint density at radius 3 is 2.32 bits per heavy atom. The number of hydrogen-bond acceptors (Lipinski definition) is 6. The number of aliphatic carboxylic acids is 1. The van der Waals surface area contributed by atoms with E-state index in [1.807, 2.05) is 0 Å². The Kier molecular flexibility index (Phi) is 5.38. The van der Waals surface area contributed by atoms with Crippen molar-refractivity contribution in [3.8, 4) is 11.5 Å². The molecule has 0 aliphatic carbocycles. The minimum absolute atomic E-state index is 0.0943. The smallest absolute Gasteiger partial charge is 0.324 e. The van der Waals surface area contributed by atoms with Gasteiger partial charge in [0.05, 0.1) is 0 Å². The number of aromatic hydroxyl groups is 2. The van der Waals surface area contributed by atoms with Gasteiger partial charge in [-0.15, -0.1) is 0 Å². The van der Waals surface area contributed by atoms with Crippen LogP contribution in [0.15, 0.2) is 18.2 Å². The van der Waals surface area contributed by atoms with Crippen LogP contribution in [0.25, 0.3) is 0 Å². The first-order valence-electron chi connectivity index (χ1n) is 6.78. The molecular weight excluding hydrogens is 290 g/mol. The molecule has 0 aliphatic heterocycles. The number of esters is 1. The van der Waals surface area contributed by atoms with Gasteiger partial charge < -0.3 is 25.8 Å². The van der Waals surface area contributed by atoms with Gasteiger partial charge in [0.1, 0.15) is 11.6 Å². The average molecular weight is 311 g/mol. The molecule has 0 spiro atoms. The molecule has 7 heteroatoms. The second-order valence-electron chi connectivity index (χ2n) is 5.45. The van der Waals surface area contributed by atoms with Gasteiger partial charge in [0.25, 0.3) is 0 Å². The van der Waals surface area contributed by atoms with Crippen LogP contribution in [0.5, 0.6) is 11.5 Å². The van der Waals surface area contributed by atoms with Crippen LogP contribution in [-0.2, 0) is 20.7 Å². The van der Waals surface area contributed by atoms with Crippen LogP contribution in [0.3, 0.4) is 0 Å². The van der Waals surface area contributed by atoms with Gasteiger partial charge in [-0.1, -0.05) is 13.0 Å². The third kappa shape index (κ3) is 3.88. The van der Waals surface area contributed by atoms with Gasteiger partial charge in [0.15, 0.2) is 11.5 Å². The van der Waals surface area contributed by atoms with Crippen LogP contribution in [0.1, 0.15) is 26.3 Å². The van der Waals surface area contributed by atoms with Crippen LogP contribution in [0.4, 0.5) is 0 Å². The van der Waals surface area contributed by atoms with E-state index in [2.05, 4.69) is 0 Å². The Morgan fingerprint density at radius 1 is 1.27 bits per heavy atom. The summed E-state index contributed by atoms with van der Waals surface area (Å²) in [5.41, 5.74) is 4.80. The number of ether oxygens (including phenoxy) is 1. The Hall–Kier alpha value is -2.28. The highest BCUT2D eigenvalue weighted by Gasteiger charge is 2.43. The van der Waals surface area contributed by atoms with E-state index in [0.717, 1.165) is 0 Å². The number of carboxylic acids is 1. The fraction of sp³-hybridized carbons (Fsp3) is 0.467. The van der Waals surface area contributed by atoms with Gasteiger partial charge in [0.2, 0.25) is 0 Å². The van der Waals surface area contributed by atoms with Gasteiger partial charge in [-0.05, 0) is 24.6 Å². The predicted molar refractivity (Wildman–Crippen MR) is 78.4 cm³/mol. The van der Waals surface area contributed by atoms with E-state index >= 15 is 0 Å². The molecule has 0 fully saturated rings. The molecule has 1 aromatic carbocycles. The maximum Gasteiger partial charge on any atom is 0.324 e. The number of carbonyl (C=O) groups is 2. The summed E-state index contributed by atoms with van der Waals surface area (Å²) in [7, 11) is 0. The molecule has 0 aromatic heterocycles. The molecule has 0 bridgehead atoms. The van der Waals surface area contributed by atoms with E-state index in [1.54, 1.807) is 13.8 Å². The van der Waals surface area contributed by atoms with Gasteiger partial charge in [-0.2, -0.15) is 0 Å². The minimum Gasteiger partial charge on any atom is -0.504 e. The highest BCUT2D eigenvalue weighted by molar-refractivity contribution is 5.79. The molecule has 22 heavy (non-hydrogen) atoms. The van der Waals surface area contributed by atoms with E-state index in [1.165, 1.54) is 25.1 Å². The third-order valence-electron chi connectivity index (χ3n) is 3.80. The Morgan fingerprint density at radius 2 is 1.86 bits per heavy atom. The van der Waals surface area contributed by atoms with Crippen LogP contribution in [0.2, 0.25) is 0 Å². The molecule has 0 saturated carbocycles. The maximum atomic E-state index is 11.6. The van der Waals surface area contributed by atoms with E-state index in [0.29, 0.717) is 5.56 Å². The Labute approximate surface area is 128 Å². The molecule has 0 saturated heterocycles. The number of carbonyl (C=O) groups excluding carboxylic acids is 1. The lowest BCUT2D eigenvalue weighted by Crippen LogP contribution is -2.58. The van der Waals surface area contributed by atoms with Gasteiger partial charge in [-0.3, -0.25) is 9.59 Å². The van der Waals surface area contributed by atoms with Crippen molar-refractivity contribution in [1.29, 1.82) is 0 Å². The summed E-state index contributed by atoms with van der Waals surface area (Å²) in [4.78, 5) is 22.7. The second kappa shape index (κ2) is 6.65. The maximum absolute atomic E-state index is 11.6. The Bertz CT molecular complexity index is 573. The fourth-order valence-corrected chi connectivity index (χ4v) is 2.23. The zero-order valence-electron chi connectivity index (χ0n) is 12.7. The largest absolute Gasteiger partial charge is 0.504 e. The van der Waals surface area contributed by atoms with Gasteiger partial charge in [-0.25, -0.2) is 0 Å². The van der Waals surface area contributed by atoms with Crippen LogP contribution in [0, 0.1) is 5.92 Å². The van der Waals surface area contributed by atoms with Crippen molar-refractivity contribution >= 4 is 11.9 Å². The molecule has 5 N–H and O–H groups in total. The lowest BCUT2D eigenvalue weighted by Gasteiger charge is -2.34. The highest BCUT2D eigenvalue weighted by Crippen LogP contribution is 2.30. The first-order chi connectivity index (χ1) is 10.1. The predicted octanol–water partition coefficient (Wildman–Crippen LogP) is 1.01. The molecule has 7 nitrogen and oxygen atoms in total. The molecule has 0 heterocycles. The summed E-state index contributed by atoms with van der Waals surface area (Å²) in [5.74, 6) is -3.10. The summed E-state index contributed by atoms with van der Waals surface area (Å²) in [6.45, 7) is 4.40. The van der Waals surface area contributed by atoms with E-state index in [-0.39, 0.29) is 17.9 Å². The fourth-order valence-electron chi connectivity index (χ4n) is 2.23. The number of benzene rings is 1. The summed E-state index contributed by atoms with van der Waals surface area (Å²) >= 11 is 0. The number of phenols is 2. The molecule has 1 rings (SSSR count). The lowest BCUT2D eigenvalue weighted by molar-refractivity contribution is -0.156. The molecule has 0 unspecified atom stereocenters. The second-order valence-corrected chi connectivity index (χ2v) is 5.45. The number of nitrogens with two attached hydrogens (primary N) is 1. The third-order valence-corrected chi connectivity index (χ3v) is 3.80. The first-order valence-corrected chi connectivity index (χ1v) is 6.78. The summed E-state index contributed by atoms with van der Waals surface area (Å²) < 4.78 is 5.02. The van der Waals surface area contributed by atoms with Crippen LogP contribution < -0.4 is 5.73 Å². The minimum atomic E-state index is -1.70. The SMILES string of the molecule is CC(=O)O[C@H](C)[C@@H](C)[C@](N)(Cc1ccc(O)c(O)c1)C(=O)O. The normalized spacial score (nSPS) is 16.4. The molecular formula is C15H21NO6. The van der Waals surface area contributed by atoms with Crippen molar-refractivity contribution in [3.63, 3.8) is 0 Å². The molecule has 3 atom stereocenters. The Balaban J connectivity index is 3.06. The summed E-state index contributed by atoms with van der Waals surface area (Å²) in [5, 5.41) is 28.3. The van der Waals surface area contributed by atoms with Crippen molar-refractivity contribution in [2.24, 2.45) is 11.7 Å². The van der Waals surface area contributed by atoms with Crippen molar-refractivity contribution in [3.05, 3.63) is 23.8 Å². The topological polar surface area (TPSA) is 130 Å². The standard InChI is InChI=1S/C15H21NO6/c1-8(9(2)22-10(3)17)15(16,14(20)21)7-11-4-5-12(18)13(19)6-11/h4-6,8-9,18-19H,7,16H2,1-3H3,(H,20,21)/t8-,9-,15-/m1/s1. The van der Waals surface area contributed by atoms with Crippen molar-refractivity contribution < 1.29 is 29.6 Å². The molecule has 122 valence electrons.